The van der Waals surface area contributed by atoms with Gasteiger partial charge in [-0.2, -0.15) is 0 Å². The largest absolute Gasteiger partial charge is 0.331 e. The number of aromatic nitrogens is 1. The lowest BCUT2D eigenvalue weighted by molar-refractivity contribution is 0.200. The van der Waals surface area contributed by atoms with Crippen molar-refractivity contribution in [3.8, 4) is 0 Å². The molecule has 2 amide bonds. The number of urea groups is 1. The topological polar surface area (TPSA) is 45.2 Å². The van der Waals surface area contributed by atoms with Crippen molar-refractivity contribution >= 4 is 17.4 Å². The average Bonchev–Trinajstić information content (AvgIpc) is 3.02. The number of carbonyl (C=O) groups is 1. The van der Waals surface area contributed by atoms with Gasteiger partial charge in [0.2, 0.25) is 0 Å². The summed E-state index contributed by atoms with van der Waals surface area (Å²) in [4.78, 5) is 18.4. The van der Waals surface area contributed by atoms with Gasteiger partial charge in [0.25, 0.3) is 0 Å². The van der Waals surface area contributed by atoms with Gasteiger partial charge in [-0.1, -0.05) is 37.3 Å². The van der Waals surface area contributed by atoms with Gasteiger partial charge in [-0.15, -0.1) is 11.3 Å². The molecule has 1 aliphatic rings. The van der Waals surface area contributed by atoms with Crippen LogP contribution < -0.4 is 5.32 Å². The van der Waals surface area contributed by atoms with Crippen LogP contribution >= 0.6 is 11.3 Å². The summed E-state index contributed by atoms with van der Waals surface area (Å²) in [6.07, 6.45) is 2.94. The predicted molar refractivity (Wildman–Crippen MR) is 88.6 cm³/mol. The van der Waals surface area contributed by atoms with Crippen molar-refractivity contribution in [3.63, 3.8) is 0 Å². The fourth-order valence-electron chi connectivity index (χ4n) is 2.76. The number of hydrogen-bond acceptors (Lipinski definition) is 3. The molecule has 116 valence electrons. The zero-order chi connectivity index (χ0) is 15.5. The molecule has 1 fully saturated rings. The van der Waals surface area contributed by atoms with E-state index in [1.807, 2.05) is 30.6 Å². The smallest absolute Gasteiger partial charge is 0.318 e. The number of hydrogen-bond donors (Lipinski definition) is 1. The molecule has 0 radical (unpaired) electrons. The lowest BCUT2D eigenvalue weighted by atomic mass is 10.0. The third-order valence-electron chi connectivity index (χ3n) is 4.24. The summed E-state index contributed by atoms with van der Waals surface area (Å²) >= 11 is 1.57. The quantitative estimate of drug-likeness (QED) is 0.915. The van der Waals surface area contributed by atoms with E-state index in [0.29, 0.717) is 18.4 Å². The van der Waals surface area contributed by atoms with Crippen LogP contribution in [-0.4, -0.2) is 23.0 Å². The molecule has 1 heterocycles. The number of nitrogens with one attached hydrogen (secondary N) is 1. The van der Waals surface area contributed by atoms with Crippen LogP contribution in [-0.2, 0) is 6.54 Å². The SMILES string of the molecule is CC1CC1C(NC(=O)N(C)Cc1nccs1)c1ccccc1. The minimum Gasteiger partial charge on any atom is -0.331 e. The fourth-order valence-corrected chi connectivity index (χ4v) is 3.43. The molecule has 3 rings (SSSR count). The molecule has 0 aliphatic heterocycles. The Balaban J connectivity index is 1.66. The molecule has 3 atom stereocenters. The number of carbonyl (C=O) groups excluding carboxylic acids is 1. The molecular formula is C17H21N3OS. The summed E-state index contributed by atoms with van der Waals surface area (Å²) < 4.78 is 0. The van der Waals surface area contributed by atoms with Gasteiger partial charge < -0.3 is 10.2 Å². The van der Waals surface area contributed by atoms with Gasteiger partial charge in [0.05, 0.1) is 12.6 Å². The molecule has 4 nitrogen and oxygen atoms in total. The summed E-state index contributed by atoms with van der Waals surface area (Å²) in [6, 6.07) is 10.3. The number of benzene rings is 1. The molecule has 22 heavy (non-hydrogen) atoms. The van der Waals surface area contributed by atoms with Crippen molar-refractivity contribution in [1.82, 2.24) is 15.2 Å². The van der Waals surface area contributed by atoms with Crippen LogP contribution in [0.4, 0.5) is 4.79 Å². The molecule has 1 N–H and O–H groups in total. The molecule has 3 unspecified atom stereocenters. The zero-order valence-corrected chi connectivity index (χ0v) is 13.7. The number of rotatable bonds is 5. The van der Waals surface area contributed by atoms with Crippen molar-refractivity contribution < 1.29 is 4.79 Å². The fraction of sp³-hybridized carbons (Fsp3) is 0.412. The molecular weight excluding hydrogens is 294 g/mol. The second kappa shape index (κ2) is 6.48. The first-order valence-electron chi connectivity index (χ1n) is 7.60. The lowest BCUT2D eigenvalue weighted by Gasteiger charge is -2.24. The highest BCUT2D eigenvalue weighted by molar-refractivity contribution is 7.09. The second-order valence-corrected chi connectivity index (χ2v) is 6.98. The minimum atomic E-state index is -0.0387. The van der Waals surface area contributed by atoms with Crippen LogP contribution in [0.1, 0.15) is 30.0 Å². The number of nitrogens with zero attached hydrogens (tertiary/aromatic N) is 2. The molecule has 1 saturated carbocycles. The third kappa shape index (κ3) is 3.47. The second-order valence-electron chi connectivity index (χ2n) is 6.00. The predicted octanol–water partition coefficient (Wildman–Crippen LogP) is 3.68. The Kier molecular flexibility index (Phi) is 4.43. The first kappa shape index (κ1) is 15.0. The monoisotopic (exact) mass is 315 g/mol. The van der Waals surface area contributed by atoms with Crippen LogP contribution in [0.15, 0.2) is 41.9 Å². The summed E-state index contributed by atoms with van der Waals surface area (Å²) in [5.41, 5.74) is 1.19. The Morgan fingerprint density at radius 3 is 2.77 bits per heavy atom. The van der Waals surface area contributed by atoms with Gasteiger partial charge in [0.1, 0.15) is 5.01 Å². The van der Waals surface area contributed by atoms with Gasteiger partial charge in [-0.05, 0) is 23.8 Å². The molecule has 2 aromatic rings. The van der Waals surface area contributed by atoms with E-state index in [-0.39, 0.29) is 12.1 Å². The maximum Gasteiger partial charge on any atom is 0.318 e. The molecule has 1 aromatic carbocycles. The van der Waals surface area contributed by atoms with Crippen LogP contribution in [0.3, 0.4) is 0 Å². The number of amides is 2. The van der Waals surface area contributed by atoms with E-state index in [1.165, 1.54) is 12.0 Å². The van der Waals surface area contributed by atoms with Gasteiger partial charge in [0, 0.05) is 18.6 Å². The van der Waals surface area contributed by atoms with Crippen LogP contribution in [0.5, 0.6) is 0 Å². The highest BCUT2D eigenvalue weighted by Crippen LogP contribution is 2.46. The van der Waals surface area contributed by atoms with E-state index >= 15 is 0 Å². The summed E-state index contributed by atoms with van der Waals surface area (Å²) in [7, 11) is 1.81. The molecule has 5 heteroatoms. The standard InChI is InChI=1S/C17H21N3OS/c1-12-10-14(12)16(13-6-4-3-5-7-13)19-17(21)20(2)11-15-18-8-9-22-15/h3-9,12,14,16H,10-11H2,1-2H3,(H,19,21). The molecule has 0 spiro atoms. The van der Waals surface area contributed by atoms with Crippen molar-refractivity contribution in [2.75, 3.05) is 7.05 Å². The van der Waals surface area contributed by atoms with Crippen LogP contribution in [0.2, 0.25) is 0 Å². The summed E-state index contributed by atoms with van der Waals surface area (Å²) in [5.74, 6) is 1.22. The number of thiazole rings is 1. The van der Waals surface area contributed by atoms with Gasteiger partial charge >= 0.3 is 6.03 Å². The Labute approximate surface area is 135 Å². The summed E-state index contributed by atoms with van der Waals surface area (Å²) in [5, 5.41) is 6.08. The maximum atomic E-state index is 12.5. The van der Waals surface area contributed by atoms with Gasteiger partial charge in [0.15, 0.2) is 0 Å². The zero-order valence-electron chi connectivity index (χ0n) is 12.9. The van der Waals surface area contributed by atoms with E-state index in [1.54, 1.807) is 22.4 Å². The van der Waals surface area contributed by atoms with Gasteiger partial charge in [-0.25, -0.2) is 9.78 Å². The van der Waals surface area contributed by atoms with Crippen molar-refractivity contribution in [3.05, 3.63) is 52.5 Å². The lowest BCUT2D eigenvalue weighted by Crippen LogP contribution is -2.39. The van der Waals surface area contributed by atoms with E-state index < -0.39 is 0 Å². The van der Waals surface area contributed by atoms with Crippen molar-refractivity contribution in [2.45, 2.75) is 25.9 Å². The average molecular weight is 315 g/mol. The minimum absolute atomic E-state index is 0.0387. The Bertz CT molecular complexity index is 614. The van der Waals surface area contributed by atoms with E-state index in [9.17, 15) is 4.79 Å². The van der Waals surface area contributed by atoms with E-state index in [0.717, 1.165) is 5.01 Å². The summed E-state index contributed by atoms with van der Waals surface area (Å²) in [6.45, 7) is 2.79. The van der Waals surface area contributed by atoms with E-state index in [2.05, 4.69) is 29.4 Å². The molecule has 0 bridgehead atoms. The highest BCUT2D eigenvalue weighted by atomic mass is 32.1. The van der Waals surface area contributed by atoms with Gasteiger partial charge in [-0.3, -0.25) is 0 Å². The molecule has 1 aliphatic carbocycles. The first-order chi connectivity index (χ1) is 10.6. The first-order valence-corrected chi connectivity index (χ1v) is 8.48. The Hall–Kier alpha value is -1.88. The normalized spacial score (nSPS) is 21.2. The van der Waals surface area contributed by atoms with E-state index in [4.69, 9.17) is 0 Å². The van der Waals surface area contributed by atoms with Crippen LogP contribution in [0, 0.1) is 11.8 Å². The molecule has 1 aromatic heterocycles. The highest BCUT2D eigenvalue weighted by Gasteiger charge is 2.41. The Morgan fingerprint density at radius 1 is 1.45 bits per heavy atom. The van der Waals surface area contributed by atoms with Crippen molar-refractivity contribution in [2.24, 2.45) is 11.8 Å². The third-order valence-corrected chi connectivity index (χ3v) is 5.00. The maximum absolute atomic E-state index is 12.5. The Morgan fingerprint density at radius 2 is 2.18 bits per heavy atom. The van der Waals surface area contributed by atoms with Crippen LogP contribution in [0.25, 0.3) is 0 Å². The molecule has 0 saturated heterocycles. The van der Waals surface area contributed by atoms with Crippen molar-refractivity contribution in [1.29, 1.82) is 0 Å².